The summed E-state index contributed by atoms with van der Waals surface area (Å²) < 4.78 is 5.65. The normalized spacial score (nSPS) is 13.7. The van der Waals surface area contributed by atoms with Crippen molar-refractivity contribution in [3.8, 4) is 0 Å². The van der Waals surface area contributed by atoms with Crippen LogP contribution in [-0.4, -0.2) is 40.3 Å². The average molecular weight is 316 g/mol. The van der Waals surface area contributed by atoms with Crippen LogP contribution in [0.5, 0.6) is 0 Å². The Balaban J connectivity index is 3.15. The standard InChI is InChI=1S/4CH3.O.2Sn.2H/h4*1H3;;;;;. The van der Waals surface area contributed by atoms with Crippen molar-refractivity contribution in [1.82, 2.24) is 0 Å². The molecule has 0 N–H and O–H groups in total. The van der Waals surface area contributed by atoms with Gasteiger partial charge in [-0.05, 0) is 0 Å². The molecule has 0 saturated carbocycles. The summed E-state index contributed by atoms with van der Waals surface area (Å²) in [7, 11) is 0. The Morgan fingerprint density at radius 2 is 1.71 bits per heavy atom. The minimum atomic E-state index is -1.68. The quantitative estimate of drug-likeness (QED) is 0.690. The molecule has 0 aromatic carbocycles. The molecule has 3 heteroatoms. The minimum absolute atomic E-state index is 0.608. The summed E-state index contributed by atoms with van der Waals surface area (Å²) in [5, 5.41) is 0. The fourth-order valence-electron chi connectivity index (χ4n) is 0.433. The van der Waals surface area contributed by atoms with Crippen molar-refractivity contribution in [3.05, 3.63) is 0 Å². The molecular formula is C4H14OSn2. The zero-order valence-electron chi connectivity index (χ0n) is 5.62. The van der Waals surface area contributed by atoms with E-state index in [9.17, 15) is 0 Å². The van der Waals surface area contributed by atoms with Crippen LogP contribution in [0.2, 0.25) is 19.8 Å². The van der Waals surface area contributed by atoms with Gasteiger partial charge in [-0.25, -0.2) is 0 Å². The van der Waals surface area contributed by atoms with Crippen molar-refractivity contribution in [3.63, 3.8) is 0 Å². The summed E-state index contributed by atoms with van der Waals surface area (Å²) in [5.74, 6) is 0. The van der Waals surface area contributed by atoms with Gasteiger partial charge in [0.25, 0.3) is 0 Å². The third-order valence-electron chi connectivity index (χ3n) is 0.577. The predicted octanol–water partition coefficient (Wildman–Crippen LogP) is 0.970. The molecule has 0 bridgehead atoms. The molecule has 0 amide bonds. The van der Waals surface area contributed by atoms with Crippen LogP contribution in [0.1, 0.15) is 0 Å². The van der Waals surface area contributed by atoms with Crippen LogP contribution in [0.15, 0.2) is 0 Å². The molecule has 0 unspecified atom stereocenters. The molecule has 0 spiro atoms. The number of hydrogen-bond acceptors (Lipinski definition) is 1. The van der Waals surface area contributed by atoms with E-state index in [1.807, 2.05) is 0 Å². The average Bonchev–Trinajstić information content (AvgIpc) is 1.30. The van der Waals surface area contributed by atoms with E-state index >= 15 is 0 Å². The van der Waals surface area contributed by atoms with Crippen molar-refractivity contribution in [2.45, 2.75) is 19.8 Å². The maximum absolute atomic E-state index is 5.65. The topological polar surface area (TPSA) is 9.23 Å². The maximum atomic E-state index is 5.65. The Kier molecular flexibility index (Phi) is 4.35. The van der Waals surface area contributed by atoms with Gasteiger partial charge in [0.05, 0.1) is 0 Å². The van der Waals surface area contributed by atoms with Crippen molar-refractivity contribution in [2.75, 3.05) is 0 Å². The fourth-order valence-corrected chi connectivity index (χ4v) is 19.5. The number of rotatable bonds is 2. The van der Waals surface area contributed by atoms with Crippen molar-refractivity contribution < 1.29 is 1.41 Å². The van der Waals surface area contributed by atoms with E-state index in [1.54, 1.807) is 0 Å². The predicted molar refractivity (Wildman–Crippen MR) is 38.8 cm³/mol. The third-order valence-corrected chi connectivity index (χ3v) is 26.0. The first kappa shape index (κ1) is 8.56. The summed E-state index contributed by atoms with van der Waals surface area (Å²) in [5.41, 5.74) is 0. The first-order valence-corrected chi connectivity index (χ1v) is 18.1. The zero-order chi connectivity index (χ0) is 5.91. The molecule has 0 fully saturated rings. The molecule has 0 aromatic rings. The second-order valence-electron chi connectivity index (χ2n) is 2.55. The van der Waals surface area contributed by atoms with E-state index in [-0.39, 0.29) is 0 Å². The Bertz CT molecular complexity index is 48.1. The van der Waals surface area contributed by atoms with Gasteiger partial charge in [0.2, 0.25) is 0 Å². The van der Waals surface area contributed by atoms with Crippen LogP contribution in [-0.2, 0) is 1.41 Å². The molecular weight excluding hydrogens is 301 g/mol. The molecule has 0 radical (unpaired) electrons. The van der Waals surface area contributed by atoms with E-state index in [0.717, 1.165) is 0 Å². The molecule has 0 rings (SSSR count). The summed E-state index contributed by atoms with van der Waals surface area (Å²) in [4.78, 5) is 9.21. The summed E-state index contributed by atoms with van der Waals surface area (Å²) in [6.45, 7) is 0. The van der Waals surface area contributed by atoms with Crippen molar-refractivity contribution >= 4 is 40.3 Å². The molecule has 44 valence electrons. The second-order valence-corrected chi connectivity index (χ2v) is 22.6. The summed E-state index contributed by atoms with van der Waals surface area (Å²) in [6, 6.07) is 0. The molecule has 0 atom stereocenters. The molecule has 0 aliphatic carbocycles. The molecule has 0 aliphatic rings. The zero-order valence-corrected chi connectivity index (χ0v) is 12.5. The van der Waals surface area contributed by atoms with Crippen LogP contribution < -0.4 is 0 Å². The van der Waals surface area contributed by atoms with Gasteiger partial charge in [0, 0.05) is 0 Å². The van der Waals surface area contributed by atoms with E-state index in [4.69, 9.17) is 1.41 Å². The van der Waals surface area contributed by atoms with Crippen LogP contribution in [0.3, 0.4) is 0 Å². The van der Waals surface area contributed by atoms with Crippen LogP contribution in [0.25, 0.3) is 0 Å². The molecule has 0 aromatic heterocycles. The SMILES string of the molecule is [CH3][SnH2][O][Sn]([CH3])([CH3])[CH3]. The first-order valence-electron chi connectivity index (χ1n) is 2.70. The van der Waals surface area contributed by atoms with Crippen LogP contribution in [0, 0.1) is 0 Å². The Morgan fingerprint density at radius 3 is 1.71 bits per heavy atom. The van der Waals surface area contributed by atoms with Gasteiger partial charge in [-0.1, -0.05) is 0 Å². The first-order chi connectivity index (χ1) is 3.06. The Morgan fingerprint density at radius 1 is 1.29 bits per heavy atom. The van der Waals surface area contributed by atoms with Gasteiger partial charge < -0.3 is 0 Å². The van der Waals surface area contributed by atoms with Gasteiger partial charge >= 0.3 is 61.5 Å². The van der Waals surface area contributed by atoms with Gasteiger partial charge in [0.15, 0.2) is 0 Å². The second kappa shape index (κ2) is 3.56. The molecule has 0 heterocycles. The third kappa shape index (κ3) is 7.56. The van der Waals surface area contributed by atoms with Crippen LogP contribution in [0.4, 0.5) is 0 Å². The van der Waals surface area contributed by atoms with Gasteiger partial charge in [-0.2, -0.15) is 0 Å². The molecule has 0 saturated heterocycles. The van der Waals surface area contributed by atoms with Crippen LogP contribution >= 0.6 is 0 Å². The molecule has 7 heavy (non-hydrogen) atoms. The van der Waals surface area contributed by atoms with E-state index in [1.165, 1.54) is 0 Å². The van der Waals surface area contributed by atoms with Crippen molar-refractivity contribution in [2.24, 2.45) is 0 Å². The number of hydrogen-bond donors (Lipinski definition) is 0. The van der Waals surface area contributed by atoms with Crippen molar-refractivity contribution in [1.29, 1.82) is 0 Å². The van der Waals surface area contributed by atoms with Gasteiger partial charge in [-0.3, -0.25) is 0 Å². The molecule has 0 aliphatic heterocycles. The summed E-state index contributed by atoms with van der Waals surface area (Å²) >= 11 is -2.29. The molecule has 1 nitrogen and oxygen atoms in total. The monoisotopic (exact) mass is 318 g/mol. The fraction of sp³-hybridized carbons (Fsp3) is 1.00. The van der Waals surface area contributed by atoms with E-state index < -0.39 is 40.3 Å². The Labute approximate surface area is 61.0 Å². The van der Waals surface area contributed by atoms with Gasteiger partial charge in [0.1, 0.15) is 0 Å². The van der Waals surface area contributed by atoms with E-state index in [2.05, 4.69) is 19.8 Å². The van der Waals surface area contributed by atoms with Gasteiger partial charge in [-0.15, -0.1) is 0 Å². The summed E-state index contributed by atoms with van der Waals surface area (Å²) in [6.07, 6.45) is 0. The Hall–Kier alpha value is 1.56. The van der Waals surface area contributed by atoms with E-state index in [0.29, 0.717) is 0 Å².